The van der Waals surface area contributed by atoms with Crippen LogP contribution in [0, 0.1) is 0 Å². The van der Waals surface area contributed by atoms with Crippen LogP contribution in [-0.2, 0) is 6.54 Å². The van der Waals surface area contributed by atoms with Gasteiger partial charge in [-0.15, -0.1) is 8.78 Å². The molecule has 2 aliphatic rings. The first-order chi connectivity index (χ1) is 9.94. The molecule has 0 saturated carbocycles. The van der Waals surface area contributed by atoms with E-state index in [1.807, 2.05) is 4.90 Å². The third kappa shape index (κ3) is 2.85. The number of ether oxygens (including phenoxy) is 2. The molecule has 0 aromatic heterocycles. The third-order valence-electron chi connectivity index (χ3n) is 3.55. The van der Waals surface area contributed by atoms with Gasteiger partial charge in [0.15, 0.2) is 11.5 Å². The van der Waals surface area contributed by atoms with E-state index in [-0.39, 0.29) is 11.5 Å². The smallest absolute Gasteiger partial charge is 0.465 e. The lowest BCUT2D eigenvalue weighted by atomic mass is 10.1. The Hall–Kier alpha value is -2.09. The maximum atomic E-state index is 13.1. The Bertz CT molecular complexity index is 559. The van der Waals surface area contributed by atoms with Gasteiger partial charge in [0.25, 0.3) is 0 Å². The van der Waals surface area contributed by atoms with Crippen LogP contribution in [0.2, 0.25) is 0 Å². The number of benzene rings is 1. The molecule has 0 aliphatic carbocycles. The number of hydrogen-bond acceptors (Lipinski definition) is 4. The second-order valence-corrected chi connectivity index (χ2v) is 4.96. The number of para-hydroxylation sites is 1. The van der Waals surface area contributed by atoms with Gasteiger partial charge in [-0.1, -0.05) is 12.1 Å². The van der Waals surface area contributed by atoms with E-state index in [4.69, 9.17) is 5.11 Å². The summed E-state index contributed by atoms with van der Waals surface area (Å²) in [6, 6.07) is 4.77. The predicted octanol–water partition coefficient (Wildman–Crippen LogP) is 1.80. The molecule has 2 aliphatic heterocycles. The molecule has 1 fully saturated rings. The second-order valence-electron chi connectivity index (χ2n) is 4.96. The van der Waals surface area contributed by atoms with E-state index in [9.17, 15) is 13.6 Å². The fraction of sp³-hybridized carbons (Fsp3) is 0.462. The van der Waals surface area contributed by atoms with Gasteiger partial charge < -0.3 is 19.5 Å². The van der Waals surface area contributed by atoms with Crippen LogP contribution in [0.4, 0.5) is 13.6 Å². The number of carbonyl (C=O) groups is 1. The Morgan fingerprint density at radius 1 is 1.24 bits per heavy atom. The highest BCUT2D eigenvalue weighted by atomic mass is 19.3. The predicted molar refractivity (Wildman–Crippen MR) is 67.5 cm³/mol. The first kappa shape index (κ1) is 13.9. The average Bonchev–Trinajstić information content (AvgIpc) is 2.74. The summed E-state index contributed by atoms with van der Waals surface area (Å²) in [5.41, 5.74) is 0.605. The van der Waals surface area contributed by atoms with E-state index in [0.29, 0.717) is 38.3 Å². The topological polar surface area (TPSA) is 62.2 Å². The minimum atomic E-state index is -3.62. The van der Waals surface area contributed by atoms with Gasteiger partial charge in [-0.25, -0.2) is 4.79 Å². The molecule has 1 amide bonds. The molecule has 1 aromatic carbocycles. The van der Waals surface area contributed by atoms with Gasteiger partial charge in [-0.3, -0.25) is 4.90 Å². The molecule has 2 heterocycles. The molecule has 0 atom stereocenters. The molecule has 0 unspecified atom stereocenters. The van der Waals surface area contributed by atoms with Gasteiger partial charge in [-0.05, 0) is 6.07 Å². The van der Waals surface area contributed by atoms with E-state index >= 15 is 0 Å². The van der Waals surface area contributed by atoms with Gasteiger partial charge in [0, 0.05) is 38.3 Å². The van der Waals surface area contributed by atoms with Crippen molar-refractivity contribution in [2.45, 2.75) is 12.8 Å². The van der Waals surface area contributed by atoms with Crippen molar-refractivity contribution in [1.29, 1.82) is 0 Å². The summed E-state index contributed by atoms with van der Waals surface area (Å²) in [5.74, 6) is 0.0878. The Morgan fingerprint density at radius 3 is 2.62 bits per heavy atom. The number of carboxylic acid groups (broad SMARTS) is 1. The van der Waals surface area contributed by atoms with Crippen molar-refractivity contribution in [3.8, 4) is 11.5 Å². The molecule has 0 spiro atoms. The summed E-state index contributed by atoms with van der Waals surface area (Å²) >= 11 is 0. The Kier molecular flexibility index (Phi) is 3.32. The fourth-order valence-electron chi connectivity index (χ4n) is 2.49. The molecular formula is C13H14F2N2O4. The summed E-state index contributed by atoms with van der Waals surface area (Å²) in [5, 5.41) is 8.89. The second kappa shape index (κ2) is 5.03. The van der Waals surface area contributed by atoms with Crippen molar-refractivity contribution >= 4 is 6.09 Å². The minimum absolute atomic E-state index is 0.0293. The van der Waals surface area contributed by atoms with Gasteiger partial charge in [0.2, 0.25) is 0 Å². The Morgan fingerprint density at radius 2 is 1.95 bits per heavy atom. The molecular weight excluding hydrogens is 286 g/mol. The Balaban J connectivity index is 1.68. The zero-order chi connectivity index (χ0) is 15.0. The summed E-state index contributed by atoms with van der Waals surface area (Å²) in [6.45, 7) is 2.31. The summed E-state index contributed by atoms with van der Waals surface area (Å²) in [7, 11) is 0. The quantitative estimate of drug-likeness (QED) is 0.902. The molecule has 21 heavy (non-hydrogen) atoms. The number of nitrogens with zero attached hydrogens (tertiary/aromatic N) is 2. The van der Waals surface area contributed by atoms with Crippen LogP contribution >= 0.6 is 0 Å². The maximum Gasteiger partial charge on any atom is 0.586 e. The van der Waals surface area contributed by atoms with Crippen LogP contribution in [0.3, 0.4) is 0 Å². The zero-order valence-corrected chi connectivity index (χ0v) is 11.1. The molecule has 1 N–H and O–H groups in total. The van der Waals surface area contributed by atoms with E-state index in [1.165, 1.54) is 11.0 Å². The lowest BCUT2D eigenvalue weighted by Crippen LogP contribution is -2.47. The first-order valence-corrected chi connectivity index (χ1v) is 6.52. The van der Waals surface area contributed by atoms with E-state index in [0.717, 1.165) is 0 Å². The van der Waals surface area contributed by atoms with E-state index < -0.39 is 12.4 Å². The molecule has 3 rings (SSSR count). The standard InChI is InChI=1S/C13H14F2N2O4/c14-13(15)20-10-3-1-2-9(11(10)21-13)8-16-4-6-17(7-5-16)12(18)19/h1-3H,4-8H2,(H,18,19). The van der Waals surface area contributed by atoms with E-state index in [1.54, 1.807) is 12.1 Å². The molecule has 1 saturated heterocycles. The molecule has 114 valence electrons. The maximum absolute atomic E-state index is 13.1. The van der Waals surface area contributed by atoms with Crippen molar-refractivity contribution in [1.82, 2.24) is 9.80 Å². The third-order valence-corrected chi connectivity index (χ3v) is 3.55. The van der Waals surface area contributed by atoms with E-state index in [2.05, 4.69) is 9.47 Å². The molecule has 8 heteroatoms. The summed E-state index contributed by atoms with van der Waals surface area (Å²) in [6.07, 6.45) is -4.56. The fourth-order valence-corrected chi connectivity index (χ4v) is 2.49. The highest BCUT2D eigenvalue weighted by molar-refractivity contribution is 5.65. The molecule has 0 radical (unpaired) electrons. The van der Waals surface area contributed by atoms with Crippen molar-refractivity contribution in [3.63, 3.8) is 0 Å². The number of alkyl halides is 2. The zero-order valence-electron chi connectivity index (χ0n) is 11.1. The summed E-state index contributed by atoms with van der Waals surface area (Å²) in [4.78, 5) is 14.2. The van der Waals surface area contributed by atoms with Gasteiger partial charge in [0.1, 0.15) is 0 Å². The normalized spacial score (nSPS) is 20.6. The first-order valence-electron chi connectivity index (χ1n) is 6.52. The largest absolute Gasteiger partial charge is 0.586 e. The van der Waals surface area contributed by atoms with Crippen molar-refractivity contribution in [2.75, 3.05) is 26.2 Å². The van der Waals surface area contributed by atoms with Crippen LogP contribution in [0.15, 0.2) is 18.2 Å². The molecule has 1 aromatic rings. The van der Waals surface area contributed by atoms with Crippen LogP contribution in [0.1, 0.15) is 5.56 Å². The number of fused-ring (bicyclic) bond motifs is 1. The van der Waals surface area contributed by atoms with Crippen molar-refractivity contribution < 1.29 is 28.2 Å². The van der Waals surface area contributed by atoms with Crippen molar-refractivity contribution in [2.24, 2.45) is 0 Å². The van der Waals surface area contributed by atoms with Gasteiger partial charge in [-0.2, -0.15) is 0 Å². The number of hydrogen-bond donors (Lipinski definition) is 1. The van der Waals surface area contributed by atoms with Gasteiger partial charge in [0.05, 0.1) is 0 Å². The molecule has 6 nitrogen and oxygen atoms in total. The Labute approximate surface area is 119 Å². The lowest BCUT2D eigenvalue weighted by molar-refractivity contribution is -0.287. The number of halogens is 2. The van der Waals surface area contributed by atoms with Crippen LogP contribution < -0.4 is 9.47 Å². The highest BCUT2D eigenvalue weighted by Crippen LogP contribution is 2.43. The van der Waals surface area contributed by atoms with Crippen molar-refractivity contribution in [3.05, 3.63) is 23.8 Å². The number of rotatable bonds is 2. The molecule has 0 bridgehead atoms. The highest BCUT2D eigenvalue weighted by Gasteiger charge is 2.44. The SMILES string of the molecule is O=C(O)N1CCN(Cc2cccc3c2OC(F)(F)O3)CC1. The van der Waals surface area contributed by atoms with Crippen LogP contribution in [0.25, 0.3) is 0 Å². The average molecular weight is 300 g/mol. The minimum Gasteiger partial charge on any atom is -0.465 e. The van der Waals surface area contributed by atoms with Gasteiger partial charge >= 0.3 is 12.4 Å². The van der Waals surface area contributed by atoms with Crippen LogP contribution in [-0.4, -0.2) is 53.5 Å². The monoisotopic (exact) mass is 300 g/mol. The number of amides is 1. The lowest BCUT2D eigenvalue weighted by Gasteiger charge is -2.33. The number of piperazine rings is 1. The van der Waals surface area contributed by atoms with Crippen LogP contribution in [0.5, 0.6) is 11.5 Å². The summed E-state index contributed by atoms with van der Waals surface area (Å²) < 4.78 is 35.2.